The Balaban J connectivity index is 1.99. The van der Waals surface area contributed by atoms with Crippen LogP contribution in [-0.2, 0) is 0 Å². The van der Waals surface area contributed by atoms with Gasteiger partial charge in [0.05, 0.1) is 12.1 Å². The second kappa shape index (κ2) is 5.19. The van der Waals surface area contributed by atoms with Crippen molar-refractivity contribution in [2.75, 3.05) is 5.75 Å². The number of hydrogen-bond acceptors (Lipinski definition) is 5. The first-order valence-electron chi connectivity index (χ1n) is 5.54. The maximum absolute atomic E-state index is 4.60. The number of nitrogens with one attached hydrogen (secondary N) is 1. The Morgan fingerprint density at radius 1 is 1.56 bits per heavy atom. The predicted octanol–water partition coefficient (Wildman–Crippen LogP) is 2.98. The van der Waals surface area contributed by atoms with Crippen LogP contribution in [0.1, 0.15) is 37.0 Å². The summed E-state index contributed by atoms with van der Waals surface area (Å²) < 4.78 is 0. The van der Waals surface area contributed by atoms with E-state index in [0.717, 1.165) is 21.6 Å². The van der Waals surface area contributed by atoms with Gasteiger partial charge in [-0.15, -0.1) is 11.3 Å². The van der Waals surface area contributed by atoms with E-state index < -0.39 is 0 Å². The molecule has 3 nitrogen and oxygen atoms in total. The van der Waals surface area contributed by atoms with Crippen molar-refractivity contribution < 1.29 is 0 Å². The number of aryl methyl sites for hydroxylation is 1. The number of amidine groups is 1. The van der Waals surface area contributed by atoms with Crippen molar-refractivity contribution in [1.29, 1.82) is 0 Å². The summed E-state index contributed by atoms with van der Waals surface area (Å²) >= 11 is 3.52. The molecule has 0 radical (unpaired) electrons. The summed E-state index contributed by atoms with van der Waals surface area (Å²) in [5.41, 5.74) is 1.10. The first kappa shape index (κ1) is 11.9. The van der Waals surface area contributed by atoms with Crippen LogP contribution in [0.5, 0.6) is 0 Å². The topological polar surface area (TPSA) is 37.3 Å². The molecular formula is C11H17N3S2. The van der Waals surface area contributed by atoms with E-state index in [1.165, 1.54) is 6.42 Å². The van der Waals surface area contributed by atoms with Gasteiger partial charge in [0.15, 0.2) is 5.17 Å². The number of nitrogens with zero attached hydrogens (tertiary/aromatic N) is 2. The largest absolute Gasteiger partial charge is 0.356 e. The van der Waals surface area contributed by atoms with Gasteiger partial charge in [-0.1, -0.05) is 11.8 Å². The molecule has 0 aliphatic carbocycles. The number of aliphatic imine (C=N–C) groups is 1. The molecule has 1 aromatic heterocycles. The van der Waals surface area contributed by atoms with Crippen LogP contribution in [0.15, 0.2) is 10.4 Å². The van der Waals surface area contributed by atoms with Gasteiger partial charge < -0.3 is 5.32 Å². The minimum absolute atomic E-state index is 0.259. The number of rotatable bonds is 2. The van der Waals surface area contributed by atoms with Gasteiger partial charge in [-0.3, -0.25) is 4.99 Å². The maximum atomic E-state index is 4.60. The Morgan fingerprint density at radius 2 is 2.38 bits per heavy atom. The average molecular weight is 255 g/mol. The van der Waals surface area contributed by atoms with Gasteiger partial charge in [0.25, 0.3) is 0 Å². The Morgan fingerprint density at radius 3 is 3.00 bits per heavy atom. The number of hydrogen-bond donors (Lipinski definition) is 1. The third kappa shape index (κ3) is 2.98. The van der Waals surface area contributed by atoms with E-state index in [1.807, 2.05) is 18.7 Å². The first-order chi connectivity index (χ1) is 7.65. The zero-order valence-corrected chi connectivity index (χ0v) is 11.5. The van der Waals surface area contributed by atoms with Gasteiger partial charge in [0.2, 0.25) is 0 Å². The molecule has 1 aliphatic heterocycles. The number of thioether (sulfide) groups is 1. The van der Waals surface area contributed by atoms with Gasteiger partial charge >= 0.3 is 0 Å². The Hall–Kier alpha value is -0.550. The third-order valence-corrected chi connectivity index (χ3v) is 4.54. The highest BCUT2D eigenvalue weighted by Gasteiger charge is 2.15. The molecule has 2 rings (SSSR count). The molecule has 2 heterocycles. The fraction of sp³-hybridized carbons (Fsp3) is 0.636. The molecule has 2 unspecified atom stereocenters. The van der Waals surface area contributed by atoms with Crippen molar-refractivity contribution in [3.05, 3.63) is 16.1 Å². The van der Waals surface area contributed by atoms with Crippen LogP contribution in [0.4, 0.5) is 0 Å². The summed E-state index contributed by atoms with van der Waals surface area (Å²) in [7, 11) is 0. The third-order valence-electron chi connectivity index (χ3n) is 2.46. The van der Waals surface area contributed by atoms with Gasteiger partial charge in [-0.05, 0) is 27.2 Å². The summed E-state index contributed by atoms with van der Waals surface area (Å²) in [5.74, 6) is 1.16. The molecule has 0 spiro atoms. The zero-order chi connectivity index (χ0) is 11.5. The monoisotopic (exact) mass is 255 g/mol. The van der Waals surface area contributed by atoms with Gasteiger partial charge in [-0.2, -0.15) is 0 Å². The lowest BCUT2D eigenvalue weighted by Crippen LogP contribution is -2.28. The van der Waals surface area contributed by atoms with E-state index in [0.29, 0.717) is 6.04 Å². The van der Waals surface area contributed by atoms with E-state index in [9.17, 15) is 0 Å². The van der Waals surface area contributed by atoms with Gasteiger partial charge in [0, 0.05) is 16.8 Å². The van der Waals surface area contributed by atoms with Crippen LogP contribution in [0.3, 0.4) is 0 Å². The molecule has 0 saturated carbocycles. The second-order valence-corrected chi connectivity index (χ2v) is 6.09. The highest BCUT2D eigenvalue weighted by Crippen LogP contribution is 2.21. The van der Waals surface area contributed by atoms with E-state index in [1.54, 1.807) is 11.3 Å². The SMILES string of the molecule is Cc1csc(C(C)NC2=NC(C)CCS2)n1. The van der Waals surface area contributed by atoms with Crippen molar-refractivity contribution in [1.82, 2.24) is 10.3 Å². The average Bonchev–Trinajstić information content (AvgIpc) is 2.65. The van der Waals surface area contributed by atoms with Crippen molar-refractivity contribution in [3.8, 4) is 0 Å². The fourth-order valence-corrected chi connectivity index (χ4v) is 3.50. The Kier molecular flexibility index (Phi) is 3.86. The molecule has 0 bridgehead atoms. The smallest absolute Gasteiger partial charge is 0.157 e. The molecule has 1 aliphatic rings. The molecule has 1 N–H and O–H groups in total. The fourth-order valence-electron chi connectivity index (χ4n) is 1.53. The van der Waals surface area contributed by atoms with Crippen LogP contribution in [0, 0.1) is 6.92 Å². The zero-order valence-electron chi connectivity index (χ0n) is 9.86. The highest BCUT2D eigenvalue weighted by atomic mass is 32.2. The van der Waals surface area contributed by atoms with Gasteiger partial charge in [0.1, 0.15) is 5.01 Å². The van der Waals surface area contributed by atoms with Crippen LogP contribution < -0.4 is 5.32 Å². The molecule has 0 saturated heterocycles. The molecule has 16 heavy (non-hydrogen) atoms. The summed E-state index contributed by atoms with van der Waals surface area (Å²) in [5, 5.41) is 7.74. The summed E-state index contributed by atoms with van der Waals surface area (Å²) in [4.78, 5) is 9.09. The van der Waals surface area contributed by atoms with E-state index in [4.69, 9.17) is 0 Å². The molecule has 1 aromatic rings. The number of aromatic nitrogens is 1. The molecular weight excluding hydrogens is 238 g/mol. The van der Waals surface area contributed by atoms with Crippen LogP contribution in [0.2, 0.25) is 0 Å². The standard InChI is InChI=1S/C11H17N3S2/c1-7-4-5-15-11(13-7)14-9(3)10-12-8(2)6-16-10/h6-7,9H,4-5H2,1-3H3,(H,13,14). The first-order valence-corrected chi connectivity index (χ1v) is 7.41. The molecule has 0 amide bonds. The minimum atomic E-state index is 0.259. The summed E-state index contributed by atoms with van der Waals surface area (Å²) in [6, 6.07) is 0.712. The maximum Gasteiger partial charge on any atom is 0.157 e. The van der Waals surface area contributed by atoms with Crippen molar-refractivity contribution in [3.63, 3.8) is 0 Å². The second-order valence-electron chi connectivity index (χ2n) is 4.11. The quantitative estimate of drug-likeness (QED) is 0.882. The van der Waals surface area contributed by atoms with Crippen LogP contribution >= 0.6 is 23.1 Å². The van der Waals surface area contributed by atoms with Crippen molar-refractivity contribution >= 4 is 28.3 Å². The van der Waals surface area contributed by atoms with Crippen LogP contribution in [0.25, 0.3) is 0 Å². The molecule has 0 aromatic carbocycles. The van der Waals surface area contributed by atoms with E-state index in [-0.39, 0.29) is 6.04 Å². The molecule has 5 heteroatoms. The van der Waals surface area contributed by atoms with Crippen molar-refractivity contribution in [2.45, 2.75) is 39.3 Å². The van der Waals surface area contributed by atoms with E-state index >= 15 is 0 Å². The van der Waals surface area contributed by atoms with E-state index in [2.05, 4.69) is 34.5 Å². The highest BCUT2D eigenvalue weighted by molar-refractivity contribution is 8.13. The summed E-state index contributed by atoms with van der Waals surface area (Å²) in [6.45, 7) is 6.34. The van der Waals surface area contributed by atoms with Crippen LogP contribution in [-0.4, -0.2) is 21.9 Å². The van der Waals surface area contributed by atoms with Crippen molar-refractivity contribution in [2.24, 2.45) is 4.99 Å². The Labute approximate surface area is 105 Å². The molecule has 88 valence electrons. The Bertz CT molecular complexity index is 386. The number of thiazole rings is 1. The molecule has 2 atom stereocenters. The predicted molar refractivity (Wildman–Crippen MR) is 72.4 cm³/mol. The summed E-state index contributed by atoms with van der Waals surface area (Å²) in [6.07, 6.45) is 1.18. The molecule has 0 fully saturated rings. The van der Waals surface area contributed by atoms with Gasteiger partial charge in [-0.25, -0.2) is 4.98 Å². The normalized spacial score (nSPS) is 22.7. The lowest BCUT2D eigenvalue weighted by molar-refractivity contribution is 0.679. The lowest BCUT2D eigenvalue weighted by Gasteiger charge is -2.20. The minimum Gasteiger partial charge on any atom is -0.356 e. The lowest BCUT2D eigenvalue weighted by atomic mass is 10.3.